The minimum atomic E-state index is -0.604. The number of hydrogen-bond donors (Lipinski definition) is 1. The fourth-order valence-electron chi connectivity index (χ4n) is 1.21. The zero-order valence-electron chi connectivity index (χ0n) is 8.74. The number of rotatable bonds is 4. The second kappa shape index (κ2) is 5.91. The van der Waals surface area contributed by atoms with Crippen molar-refractivity contribution in [2.75, 3.05) is 7.11 Å². The highest BCUT2D eigenvalue weighted by Crippen LogP contribution is 2.19. The highest BCUT2D eigenvalue weighted by atomic mass is 79.9. The van der Waals surface area contributed by atoms with Gasteiger partial charge in [-0.2, -0.15) is 0 Å². The number of hydrogen-bond acceptors (Lipinski definition) is 4. The van der Waals surface area contributed by atoms with E-state index >= 15 is 0 Å². The Hall–Kier alpha value is -1.01. The molecule has 2 N–H and O–H groups in total. The maximum atomic E-state index is 13.4. The van der Waals surface area contributed by atoms with Crippen LogP contribution in [0, 0.1) is 5.82 Å². The van der Waals surface area contributed by atoms with Crippen LogP contribution in [0.5, 0.6) is 0 Å². The Labute approximate surface area is 101 Å². The lowest BCUT2D eigenvalue weighted by Gasteiger charge is -2.11. The molecule has 0 aliphatic rings. The first-order valence-electron chi connectivity index (χ1n) is 4.68. The fraction of sp³-hybridized carbons (Fsp3) is 0.400. The minimum absolute atomic E-state index is 0.148. The molecule has 0 aliphatic carbocycles. The molecular weight excluding hydrogens is 279 g/mol. The first-order chi connectivity index (χ1) is 7.54. The monoisotopic (exact) mass is 290 g/mol. The number of aromatic nitrogens is 1. The lowest BCUT2D eigenvalue weighted by Crippen LogP contribution is -2.16. The Morgan fingerprint density at radius 1 is 1.75 bits per heavy atom. The van der Waals surface area contributed by atoms with Crippen molar-refractivity contribution >= 4 is 21.9 Å². The Kier molecular flexibility index (Phi) is 4.82. The summed E-state index contributed by atoms with van der Waals surface area (Å²) in [6.45, 7) is 0. The standard InChI is InChI=1S/C10H12BrFN2O2/c1-16-9(15)3-2-8(13)10-7(12)4-6(11)5-14-10/h4-5,8H,2-3,13H2,1H3/t8-/m0/s1. The van der Waals surface area contributed by atoms with Gasteiger partial charge >= 0.3 is 5.97 Å². The Morgan fingerprint density at radius 3 is 3.00 bits per heavy atom. The van der Waals surface area contributed by atoms with Crippen LogP contribution in [0.1, 0.15) is 24.6 Å². The summed E-state index contributed by atoms with van der Waals surface area (Å²) >= 11 is 3.10. The summed E-state index contributed by atoms with van der Waals surface area (Å²) in [5, 5.41) is 0. The van der Waals surface area contributed by atoms with Crippen molar-refractivity contribution in [1.82, 2.24) is 4.98 Å². The van der Waals surface area contributed by atoms with Gasteiger partial charge in [-0.05, 0) is 28.4 Å². The van der Waals surface area contributed by atoms with Crippen LogP contribution in [0.2, 0.25) is 0 Å². The van der Waals surface area contributed by atoms with Gasteiger partial charge in [-0.25, -0.2) is 4.39 Å². The van der Waals surface area contributed by atoms with E-state index in [1.54, 1.807) is 0 Å². The molecule has 0 fully saturated rings. The quantitative estimate of drug-likeness (QED) is 0.861. The largest absolute Gasteiger partial charge is 0.469 e. The molecule has 0 bridgehead atoms. The van der Waals surface area contributed by atoms with Gasteiger partial charge in [0.15, 0.2) is 0 Å². The third-order valence-corrected chi connectivity index (χ3v) is 2.51. The predicted molar refractivity (Wildman–Crippen MR) is 60.1 cm³/mol. The smallest absolute Gasteiger partial charge is 0.305 e. The van der Waals surface area contributed by atoms with E-state index in [0.29, 0.717) is 10.9 Å². The van der Waals surface area contributed by atoms with Gasteiger partial charge in [0.25, 0.3) is 0 Å². The molecule has 1 aromatic rings. The second-order valence-electron chi connectivity index (χ2n) is 3.24. The third-order valence-electron chi connectivity index (χ3n) is 2.07. The Morgan fingerprint density at radius 2 is 2.44 bits per heavy atom. The van der Waals surface area contributed by atoms with Crippen molar-refractivity contribution in [3.05, 3.63) is 28.2 Å². The second-order valence-corrected chi connectivity index (χ2v) is 4.16. The van der Waals surface area contributed by atoms with Crippen LogP contribution < -0.4 is 5.73 Å². The van der Waals surface area contributed by atoms with Crippen LogP contribution in [-0.4, -0.2) is 18.1 Å². The van der Waals surface area contributed by atoms with Crippen LogP contribution in [0.4, 0.5) is 4.39 Å². The lowest BCUT2D eigenvalue weighted by atomic mass is 10.1. The molecule has 0 saturated carbocycles. The molecular formula is C10H12BrFN2O2. The molecule has 6 heteroatoms. The molecule has 0 saturated heterocycles. The molecule has 88 valence electrons. The zero-order chi connectivity index (χ0) is 12.1. The molecule has 4 nitrogen and oxygen atoms in total. The van der Waals surface area contributed by atoms with Crippen molar-refractivity contribution in [2.24, 2.45) is 5.73 Å². The average molecular weight is 291 g/mol. The average Bonchev–Trinajstić information content (AvgIpc) is 2.25. The van der Waals surface area contributed by atoms with Crippen LogP contribution >= 0.6 is 15.9 Å². The van der Waals surface area contributed by atoms with E-state index < -0.39 is 11.9 Å². The number of methoxy groups -OCH3 is 1. The molecule has 0 radical (unpaired) electrons. The van der Waals surface area contributed by atoms with Gasteiger partial charge in [0.05, 0.1) is 18.8 Å². The van der Waals surface area contributed by atoms with Crippen LogP contribution in [0.25, 0.3) is 0 Å². The number of carbonyl (C=O) groups excluding carboxylic acids is 1. The van der Waals surface area contributed by atoms with Crippen LogP contribution in [-0.2, 0) is 9.53 Å². The number of nitrogens with two attached hydrogens (primary N) is 1. The topological polar surface area (TPSA) is 65.2 Å². The highest BCUT2D eigenvalue weighted by molar-refractivity contribution is 9.10. The van der Waals surface area contributed by atoms with E-state index in [0.717, 1.165) is 0 Å². The van der Waals surface area contributed by atoms with E-state index in [2.05, 4.69) is 25.7 Å². The number of carbonyl (C=O) groups is 1. The van der Waals surface area contributed by atoms with E-state index in [9.17, 15) is 9.18 Å². The lowest BCUT2D eigenvalue weighted by molar-refractivity contribution is -0.140. The molecule has 0 aliphatic heterocycles. The molecule has 16 heavy (non-hydrogen) atoms. The van der Waals surface area contributed by atoms with Crippen molar-refractivity contribution in [1.29, 1.82) is 0 Å². The number of halogens is 2. The Bertz CT molecular complexity index is 387. The van der Waals surface area contributed by atoms with Crippen LogP contribution in [0.3, 0.4) is 0 Å². The normalized spacial score (nSPS) is 12.2. The summed E-state index contributed by atoms with van der Waals surface area (Å²) in [4.78, 5) is 14.8. The molecule has 1 rings (SSSR count). The minimum Gasteiger partial charge on any atom is -0.469 e. The van der Waals surface area contributed by atoms with Gasteiger partial charge in [0, 0.05) is 17.1 Å². The highest BCUT2D eigenvalue weighted by Gasteiger charge is 2.15. The van der Waals surface area contributed by atoms with E-state index in [1.165, 1.54) is 19.4 Å². The first kappa shape index (κ1) is 13.1. The van der Waals surface area contributed by atoms with Crippen molar-refractivity contribution in [3.8, 4) is 0 Å². The molecule has 1 heterocycles. The van der Waals surface area contributed by atoms with Gasteiger partial charge in [0.1, 0.15) is 5.82 Å². The number of esters is 1. The summed E-state index contributed by atoms with van der Waals surface area (Å²) in [5.74, 6) is -0.847. The van der Waals surface area contributed by atoms with Crippen molar-refractivity contribution in [3.63, 3.8) is 0 Å². The number of nitrogens with zero attached hydrogens (tertiary/aromatic N) is 1. The SMILES string of the molecule is COC(=O)CC[C@H](N)c1ncc(Br)cc1F. The third kappa shape index (κ3) is 3.53. The van der Waals surface area contributed by atoms with Crippen molar-refractivity contribution < 1.29 is 13.9 Å². The predicted octanol–water partition coefficient (Wildman–Crippen LogP) is 1.94. The number of ether oxygens (including phenoxy) is 1. The van der Waals surface area contributed by atoms with Gasteiger partial charge < -0.3 is 10.5 Å². The summed E-state index contributed by atoms with van der Waals surface area (Å²) in [5.41, 5.74) is 5.88. The van der Waals surface area contributed by atoms with E-state index in [4.69, 9.17) is 5.73 Å². The summed E-state index contributed by atoms with van der Waals surface area (Å²) in [7, 11) is 1.30. The maximum absolute atomic E-state index is 13.4. The van der Waals surface area contributed by atoms with Crippen LogP contribution in [0.15, 0.2) is 16.7 Å². The van der Waals surface area contributed by atoms with Gasteiger partial charge in [0.2, 0.25) is 0 Å². The summed E-state index contributed by atoms with van der Waals surface area (Å²) in [6.07, 6.45) is 1.92. The number of pyridine rings is 1. The molecule has 0 aromatic carbocycles. The van der Waals surface area contributed by atoms with E-state index in [-0.39, 0.29) is 18.1 Å². The molecule has 0 spiro atoms. The van der Waals surface area contributed by atoms with Crippen molar-refractivity contribution in [2.45, 2.75) is 18.9 Å². The molecule has 0 unspecified atom stereocenters. The fourth-order valence-corrected chi connectivity index (χ4v) is 1.51. The van der Waals surface area contributed by atoms with Gasteiger partial charge in [-0.3, -0.25) is 9.78 Å². The zero-order valence-corrected chi connectivity index (χ0v) is 10.3. The van der Waals surface area contributed by atoms with Gasteiger partial charge in [-0.1, -0.05) is 0 Å². The van der Waals surface area contributed by atoms with E-state index in [1.807, 2.05) is 0 Å². The Balaban J connectivity index is 2.65. The first-order valence-corrected chi connectivity index (χ1v) is 5.47. The molecule has 0 amide bonds. The summed E-state index contributed by atoms with van der Waals surface area (Å²) < 4.78 is 18.4. The molecule has 1 atom stereocenters. The molecule has 1 aromatic heterocycles. The maximum Gasteiger partial charge on any atom is 0.305 e. The summed E-state index contributed by atoms with van der Waals surface area (Å²) in [6, 6.07) is 0.688. The van der Waals surface area contributed by atoms with Gasteiger partial charge in [-0.15, -0.1) is 0 Å².